The summed E-state index contributed by atoms with van der Waals surface area (Å²) < 4.78 is 6.98. The number of aliphatic hydroxyl groups excluding tert-OH is 1. The molecule has 2 saturated heterocycles. The number of anilines is 1. The molecule has 232 valence electrons. The van der Waals surface area contributed by atoms with E-state index in [9.17, 15) is 19.5 Å². The highest BCUT2D eigenvalue weighted by Gasteiger charge is 2.75. The third-order valence-corrected chi connectivity index (χ3v) is 10.4. The standard InChI is InChI=1S/C35H40ClN3O5/c1-5-22(2)26(21-40)39-30-33(43)38(29-23(3)12-9-15-25(29)36)19-11-17-35(30)28(32(39)42)27-31(41)37(18-10-16-34(27,4)44-35)20-24-13-7-6-8-14-24/h6-17,22,26-28,30,40H,5,18-21H2,1-4H3/t22-,26-,27+,28-,30?,34-,35-/m0/s1. The van der Waals surface area contributed by atoms with Gasteiger partial charge in [-0.1, -0.05) is 98.6 Å². The first kappa shape index (κ1) is 30.6. The summed E-state index contributed by atoms with van der Waals surface area (Å²) in [6.07, 6.45) is 8.18. The lowest BCUT2D eigenvalue weighted by atomic mass is 9.74. The number of amides is 3. The molecule has 0 aromatic heterocycles. The molecule has 4 aliphatic rings. The second-order valence-corrected chi connectivity index (χ2v) is 13.1. The van der Waals surface area contributed by atoms with Crippen LogP contribution in [-0.4, -0.2) is 75.6 Å². The predicted molar refractivity (Wildman–Crippen MR) is 169 cm³/mol. The number of likely N-dealkylation sites (tertiary alicyclic amines) is 1. The Morgan fingerprint density at radius 1 is 0.977 bits per heavy atom. The molecule has 1 unspecified atom stereocenters. The van der Waals surface area contributed by atoms with Gasteiger partial charge >= 0.3 is 0 Å². The maximum atomic E-state index is 14.9. The van der Waals surface area contributed by atoms with E-state index in [0.29, 0.717) is 30.2 Å². The van der Waals surface area contributed by atoms with Crippen molar-refractivity contribution in [1.29, 1.82) is 0 Å². The summed E-state index contributed by atoms with van der Waals surface area (Å²) in [7, 11) is 0. The Bertz CT molecular complexity index is 1510. The molecule has 44 heavy (non-hydrogen) atoms. The number of carbonyl (C=O) groups excluding carboxylic acids is 3. The zero-order chi connectivity index (χ0) is 31.4. The Balaban J connectivity index is 1.49. The molecular formula is C35H40ClN3O5. The number of nitrogens with zero attached hydrogens (tertiary/aromatic N) is 3. The summed E-state index contributed by atoms with van der Waals surface area (Å²) in [4.78, 5) is 49.1. The van der Waals surface area contributed by atoms with E-state index in [1.165, 1.54) is 0 Å². The molecule has 0 bridgehead atoms. The molecule has 4 heterocycles. The van der Waals surface area contributed by atoms with Crippen molar-refractivity contribution >= 4 is 35.0 Å². The first-order valence-electron chi connectivity index (χ1n) is 15.5. The van der Waals surface area contributed by atoms with Crippen molar-refractivity contribution in [2.75, 3.05) is 24.6 Å². The third kappa shape index (κ3) is 4.61. The lowest BCUT2D eigenvalue weighted by molar-refractivity contribution is -0.152. The molecule has 0 radical (unpaired) electrons. The van der Waals surface area contributed by atoms with Gasteiger partial charge in [0.1, 0.15) is 11.6 Å². The SMILES string of the molecule is CC[C@H](C)[C@H](CO)N1C(=O)[C@@H]2[C@@H]3C(=O)N(Cc4ccccc4)CC=C[C@]3(C)O[C@@]23C=CCN(c2c(C)cccc2Cl)C(=O)C13. The van der Waals surface area contributed by atoms with Crippen LogP contribution in [0.1, 0.15) is 38.3 Å². The number of hydrogen-bond acceptors (Lipinski definition) is 5. The molecule has 4 aliphatic heterocycles. The molecule has 0 saturated carbocycles. The molecule has 3 amide bonds. The van der Waals surface area contributed by atoms with Gasteiger partial charge in [-0.25, -0.2) is 0 Å². The Morgan fingerprint density at radius 2 is 1.70 bits per heavy atom. The summed E-state index contributed by atoms with van der Waals surface area (Å²) in [5, 5.41) is 11.1. The molecule has 9 heteroatoms. The molecule has 0 aliphatic carbocycles. The van der Waals surface area contributed by atoms with Crippen LogP contribution in [0.5, 0.6) is 0 Å². The van der Waals surface area contributed by atoms with Gasteiger partial charge in [-0.2, -0.15) is 0 Å². The number of aliphatic hydroxyl groups is 1. The van der Waals surface area contributed by atoms with Crippen LogP contribution < -0.4 is 4.90 Å². The zero-order valence-corrected chi connectivity index (χ0v) is 26.4. The highest BCUT2D eigenvalue weighted by molar-refractivity contribution is 6.34. The van der Waals surface area contributed by atoms with E-state index >= 15 is 0 Å². The van der Waals surface area contributed by atoms with E-state index < -0.39 is 35.1 Å². The van der Waals surface area contributed by atoms with Crippen molar-refractivity contribution in [3.63, 3.8) is 0 Å². The number of halogens is 1. The number of rotatable bonds is 7. The lowest BCUT2D eigenvalue weighted by Gasteiger charge is -2.41. The van der Waals surface area contributed by atoms with Crippen LogP contribution in [-0.2, 0) is 25.7 Å². The number of carbonyl (C=O) groups is 3. The number of ether oxygens (including phenoxy) is 1. The van der Waals surface area contributed by atoms with Crippen LogP contribution in [0.4, 0.5) is 5.69 Å². The Labute approximate surface area is 263 Å². The van der Waals surface area contributed by atoms with Crippen LogP contribution in [0.3, 0.4) is 0 Å². The molecule has 1 spiro atoms. The fourth-order valence-electron chi connectivity index (χ4n) is 7.79. The Hall–Kier alpha value is -3.46. The third-order valence-electron chi connectivity index (χ3n) is 10.1. The summed E-state index contributed by atoms with van der Waals surface area (Å²) in [6, 6.07) is 13.5. The first-order valence-corrected chi connectivity index (χ1v) is 15.8. The van der Waals surface area contributed by atoms with Crippen LogP contribution in [0.15, 0.2) is 72.8 Å². The maximum Gasteiger partial charge on any atom is 0.253 e. The average molecular weight is 618 g/mol. The minimum Gasteiger partial charge on any atom is -0.394 e. The number of para-hydroxylation sites is 1. The molecule has 2 aromatic carbocycles. The zero-order valence-electron chi connectivity index (χ0n) is 25.7. The number of fused-ring (bicyclic) bond motifs is 2. The van der Waals surface area contributed by atoms with E-state index in [2.05, 4.69) is 0 Å². The first-order chi connectivity index (χ1) is 21.1. The van der Waals surface area contributed by atoms with Gasteiger partial charge in [0.25, 0.3) is 5.91 Å². The Morgan fingerprint density at radius 3 is 2.39 bits per heavy atom. The van der Waals surface area contributed by atoms with Crippen LogP contribution >= 0.6 is 11.6 Å². The fraction of sp³-hybridized carbons (Fsp3) is 0.457. The van der Waals surface area contributed by atoms with Gasteiger partial charge in [0.05, 0.1) is 40.8 Å². The second kappa shape index (κ2) is 11.5. The van der Waals surface area contributed by atoms with Crippen LogP contribution in [0.25, 0.3) is 0 Å². The van der Waals surface area contributed by atoms with Crippen molar-refractivity contribution in [3.05, 3.63) is 89.0 Å². The van der Waals surface area contributed by atoms with Gasteiger partial charge in [-0.15, -0.1) is 0 Å². The topological polar surface area (TPSA) is 90.4 Å². The number of benzene rings is 2. The van der Waals surface area contributed by atoms with Gasteiger partial charge in [0.2, 0.25) is 11.8 Å². The summed E-state index contributed by atoms with van der Waals surface area (Å²) in [5.41, 5.74) is -0.172. The molecule has 2 fully saturated rings. The van der Waals surface area contributed by atoms with E-state index in [4.69, 9.17) is 16.3 Å². The van der Waals surface area contributed by atoms with Gasteiger partial charge in [-0.3, -0.25) is 14.4 Å². The number of hydrogen-bond donors (Lipinski definition) is 1. The highest BCUT2D eigenvalue weighted by Crippen LogP contribution is 2.58. The Kier molecular flexibility index (Phi) is 7.97. The lowest BCUT2D eigenvalue weighted by Crippen LogP contribution is -2.60. The smallest absolute Gasteiger partial charge is 0.253 e. The van der Waals surface area contributed by atoms with Gasteiger partial charge in [0.15, 0.2) is 0 Å². The minimum absolute atomic E-state index is 0.110. The van der Waals surface area contributed by atoms with E-state index in [0.717, 1.165) is 11.1 Å². The summed E-state index contributed by atoms with van der Waals surface area (Å²) in [5.74, 6) is -2.82. The number of aryl methyl sites for hydroxylation is 1. The maximum absolute atomic E-state index is 14.9. The van der Waals surface area contributed by atoms with Gasteiger partial charge in [0, 0.05) is 19.6 Å². The predicted octanol–water partition coefficient (Wildman–Crippen LogP) is 4.53. The van der Waals surface area contributed by atoms with Crippen molar-refractivity contribution in [2.45, 2.75) is 63.9 Å². The van der Waals surface area contributed by atoms with Gasteiger partial charge in [-0.05, 0) is 37.0 Å². The molecule has 8 nitrogen and oxygen atoms in total. The van der Waals surface area contributed by atoms with Crippen molar-refractivity contribution < 1.29 is 24.2 Å². The molecule has 2 aromatic rings. The summed E-state index contributed by atoms with van der Waals surface area (Å²) >= 11 is 6.67. The fourth-order valence-corrected chi connectivity index (χ4v) is 8.12. The minimum atomic E-state index is -1.42. The molecular weight excluding hydrogens is 578 g/mol. The summed E-state index contributed by atoms with van der Waals surface area (Å²) in [6.45, 7) is 8.36. The molecule has 6 rings (SSSR count). The van der Waals surface area contributed by atoms with Crippen LogP contribution in [0, 0.1) is 24.7 Å². The van der Waals surface area contributed by atoms with Crippen molar-refractivity contribution in [1.82, 2.24) is 9.80 Å². The normalized spacial score (nSPS) is 31.0. The van der Waals surface area contributed by atoms with E-state index in [1.54, 1.807) is 20.8 Å². The average Bonchev–Trinajstić information content (AvgIpc) is 3.28. The van der Waals surface area contributed by atoms with Gasteiger partial charge < -0.3 is 24.5 Å². The quantitative estimate of drug-likeness (QED) is 0.461. The largest absolute Gasteiger partial charge is 0.394 e. The van der Waals surface area contributed by atoms with E-state index in [-0.39, 0.29) is 36.8 Å². The van der Waals surface area contributed by atoms with E-state index in [1.807, 2.05) is 94.5 Å². The van der Waals surface area contributed by atoms with Crippen molar-refractivity contribution in [2.24, 2.45) is 17.8 Å². The highest BCUT2D eigenvalue weighted by atomic mass is 35.5. The second-order valence-electron chi connectivity index (χ2n) is 12.7. The monoisotopic (exact) mass is 617 g/mol. The van der Waals surface area contributed by atoms with Crippen molar-refractivity contribution in [3.8, 4) is 0 Å². The molecule has 7 atom stereocenters. The molecule has 1 N–H and O–H groups in total. The van der Waals surface area contributed by atoms with Crippen LogP contribution in [0.2, 0.25) is 5.02 Å².